The molecular formula is C14H17NO4S. The van der Waals surface area contributed by atoms with Gasteiger partial charge in [0.15, 0.2) is 6.04 Å². The number of likely N-dealkylation sites (tertiary alicyclic amines) is 1. The molecule has 0 aromatic carbocycles. The topological polar surface area (TPSA) is 74.7 Å². The zero-order valence-corrected chi connectivity index (χ0v) is 12.3. The van der Waals surface area contributed by atoms with E-state index in [9.17, 15) is 19.5 Å². The molecule has 20 heavy (non-hydrogen) atoms. The molecule has 1 fully saturated rings. The van der Waals surface area contributed by atoms with Crippen LogP contribution in [0.4, 0.5) is 0 Å². The molecule has 0 saturated carbocycles. The maximum atomic E-state index is 12.6. The second-order valence-electron chi connectivity index (χ2n) is 4.99. The molecule has 0 radical (unpaired) electrons. The van der Waals surface area contributed by atoms with Crippen molar-refractivity contribution < 1.29 is 19.5 Å². The number of carbonyl (C=O) groups is 3. The van der Waals surface area contributed by atoms with Crippen LogP contribution in [0, 0.1) is 5.41 Å². The largest absolute Gasteiger partial charge is 0.479 e. The number of thiophene rings is 1. The molecule has 5 nitrogen and oxygen atoms in total. The van der Waals surface area contributed by atoms with Crippen molar-refractivity contribution in [2.75, 3.05) is 0 Å². The van der Waals surface area contributed by atoms with E-state index in [1.165, 1.54) is 11.3 Å². The molecular weight excluding hydrogens is 278 g/mol. The van der Waals surface area contributed by atoms with Crippen LogP contribution in [-0.2, 0) is 14.4 Å². The highest BCUT2D eigenvalue weighted by Gasteiger charge is 2.53. The fourth-order valence-electron chi connectivity index (χ4n) is 2.69. The SMILES string of the molecule is CCC1(CC)CC(=O)N(C(C(=O)O)c2cccs2)C1=O. The van der Waals surface area contributed by atoms with Crippen LogP contribution in [-0.4, -0.2) is 27.8 Å². The van der Waals surface area contributed by atoms with Gasteiger partial charge < -0.3 is 5.11 Å². The van der Waals surface area contributed by atoms with Gasteiger partial charge in [-0.25, -0.2) is 4.79 Å². The minimum Gasteiger partial charge on any atom is -0.479 e. The zero-order valence-electron chi connectivity index (χ0n) is 11.5. The van der Waals surface area contributed by atoms with E-state index in [1.54, 1.807) is 17.5 Å². The molecule has 1 unspecified atom stereocenters. The Bertz CT molecular complexity index is 533. The first-order chi connectivity index (χ1) is 9.46. The second-order valence-corrected chi connectivity index (χ2v) is 5.97. The lowest BCUT2D eigenvalue weighted by Gasteiger charge is -2.26. The maximum absolute atomic E-state index is 12.6. The van der Waals surface area contributed by atoms with Crippen LogP contribution in [0.25, 0.3) is 0 Å². The van der Waals surface area contributed by atoms with Gasteiger partial charge in [0.25, 0.3) is 0 Å². The molecule has 2 amide bonds. The molecule has 2 heterocycles. The quantitative estimate of drug-likeness (QED) is 0.847. The summed E-state index contributed by atoms with van der Waals surface area (Å²) in [5, 5.41) is 11.2. The van der Waals surface area contributed by atoms with Gasteiger partial charge in [0.1, 0.15) is 0 Å². The van der Waals surface area contributed by atoms with E-state index in [-0.39, 0.29) is 18.2 Å². The summed E-state index contributed by atoms with van der Waals surface area (Å²) in [6, 6.07) is 2.16. The Morgan fingerprint density at radius 1 is 1.45 bits per heavy atom. The van der Waals surface area contributed by atoms with Crippen LogP contribution >= 0.6 is 11.3 Å². The highest BCUT2D eigenvalue weighted by molar-refractivity contribution is 7.10. The number of carbonyl (C=O) groups excluding carboxylic acids is 2. The number of amides is 2. The lowest BCUT2D eigenvalue weighted by molar-refractivity contribution is -0.156. The van der Waals surface area contributed by atoms with E-state index in [2.05, 4.69) is 0 Å². The number of hydrogen-bond acceptors (Lipinski definition) is 4. The first kappa shape index (κ1) is 14.7. The van der Waals surface area contributed by atoms with Gasteiger partial charge in [0, 0.05) is 11.3 Å². The van der Waals surface area contributed by atoms with Crippen molar-refractivity contribution in [1.82, 2.24) is 4.90 Å². The summed E-state index contributed by atoms with van der Waals surface area (Å²) in [7, 11) is 0. The van der Waals surface area contributed by atoms with Crippen molar-refractivity contribution in [3.8, 4) is 0 Å². The van der Waals surface area contributed by atoms with Gasteiger partial charge in [0.2, 0.25) is 11.8 Å². The summed E-state index contributed by atoms with van der Waals surface area (Å²) in [6.45, 7) is 3.72. The molecule has 1 saturated heterocycles. The van der Waals surface area contributed by atoms with Gasteiger partial charge in [-0.15, -0.1) is 11.3 Å². The molecule has 1 N–H and O–H groups in total. The summed E-state index contributed by atoms with van der Waals surface area (Å²) in [5.41, 5.74) is -0.734. The molecule has 0 aliphatic carbocycles. The number of carboxylic acids is 1. The van der Waals surface area contributed by atoms with Gasteiger partial charge in [-0.05, 0) is 24.3 Å². The summed E-state index contributed by atoms with van der Waals surface area (Å²) in [4.78, 5) is 37.8. The van der Waals surface area contributed by atoms with Crippen molar-refractivity contribution in [2.45, 2.75) is 39.2 Å². The fraction of sp³-hybridized carbons (Fsp3) is 0.500. The second kappa shape index (κ2) is 5.36. The molecule has 6 heteroatoms. The smallest absolute Gasteiger partial charge is 0.332 e. The lowest BCUT2D eigenvalue weighted by Crippen LogP contribution is -2.40. The van der Waals surface area contributed by atoms with Gasteiger partial charge in [0.05, 0.1) is 5.41 Å². The Balaban J connectivity index is 2.43. The average Bonchev–Trinajstić information content (AvgIpc) is 3.01. The molecule has 1 aromatic heterocycles. The van der Waals surface area contributed by atoms with Crippen LogP contribution in [0.5, 0.6) is 0 Å². The summed E-state index contributed by atoms with van der Waals surface area (Å²) < 4.78 is 0. The Hall–Kier alpha value is -1.69. The van der Waals surface area contributed by atoms with Crippen LogP contribution in [0.3, 0.4) is 0 Å². The number of carboxylic acid groups (broad SMARTS) is 1. The first-order valence-electron chi connectivity index (χ1n) is 6.59. The van der Waals surface area contributed by atoms with Gasteiger partial charge in [-0.3, -0.25) is 14.5 Å². The van der Waals surface area contributed by atoms with Crippen molar-refractivity contribution in [2.24, 2.45) is 5.41 Å². The van der Waals surface area contributed by atoms with Crippen LogP contribution < -0.4 is 0 Å². The van der Waals surface area contributed by atoms with Crippen LogP contribution in [0.15, 0.2) is 17.5 Å². The fourth-order valence-corrected chi connectivity index (χ4v) is 3.50. The zero-order chi connectivity index (χ0) is 14.9. The summed E-state index contributed by atoms with van der Waals surface area (Å²) >= 11 is 1.24. The predicted molar refractivity (Wildman–Crippen MR) is 74.2 cm³/mol. The third-order valence-corrected chi connectivity index (χ3v) is 5.01. The molecule has 2 rings (SSSR count). The molecule has 0 spiro atoms. The number of aliphatic carboxylic acids is 1. The van der Waals surface area contributed by atoms with E-state index >= 15 is 0 Å². The number of imide groups is 1. The van der Waals surface area contributed by atoms with E-state index in [0.29, 0.717) is 17.7 Å². The molecule has 108 valence electrons. The summed E-state index contributed by atoms with van der Waals surface area (Å²) in [6.07, 6.45) is 1.19. The van der Waals surface area contributed by atoms with Crippen LogP contribution in [0.2, 0.25) is 0 Å². The normalized spacial score (nSPS) is 19.4. The highest BCUT2D eigenvalue weighted by atomic mass is 32.1. The van der Waals surface area contributed by atoms with E-state index in [4.69, 9.17) is 0 Å². The molecule has 0 bridgehead atoms. The lowest BCUT2D eigenvalue weighted by atomic mass is 9.81. The Morgan fingerprint density at radius 2 is 2.10 bits per heavy atom. The maximum Gasteiger partial charge on any atom is 0.332 e. The van der Waals surface area contributed by atoms with Gasteiger partial charge in [-0.2, -0.15) is 0 Å². The minimum atomic E-state index is -1.20. The van der Waals surface area contributed by atoms with E-state index in [0.717, 1.165) is 4.90 Å². The Morgan fingerprint density at radius 3 is 2.50 bits per heavy atom. The molecule has 1 aromatic rings. The monoisotopic (exact) mass is 295 g/mol. The highest BCUT2D eigenvalue weighted by Crippen LogP contribution is 2.43. The summed E-state index contributed by atoms with van der Waals surface area (Å²) in [5.74, 6) is -1.91. The Kier molecular flexibility index (Phi) is 3.94. The molecule has 1 aliphatic rings. The standard InChI is InChI=1S/C14H17NO4S/c1-3-14(4-2)8-10(16)15(13(14)19)11(12(17)18)9-6-5-7-20-9/h5-7,11H,3-4,8H2,1-2H3,(H,17,18). The minimum absolute atomic E-state index is 0.105. The number of nitrogens with zero attached hydrogens (tertiary/aromatic N) is 1. The van der Waals surface area contributed by atoms with E-state index < -0.39 is 17.4 Å². The Labute approximate surface area is 121 Å². The van der Waals surface area contributed by atoms with Crippen molar-refractivity contribution in [1.29, 1.82) is 0 Å². The third-order valence-electron chi connectivity index (χ3n) is 4.09. The predicted octanol–water partition coefficient (Wildman–Crippen LogP) is 2.44. The average molecular weight is 295 g/mol. The van der Waals surface area contributed by atoms with Crippen molar-refractivity contribution >= 4 is 29.1 Å². The van der Waals surface area contributed by atoms with Crippen molar-refractivity contribution in [3.05, 3.63) is 22.4 Å². The number of hydrogen-bond donors (Lipinski definition) is 1. The van der Waals surface area contributed by atoms with Gasteiger partial charge >= 0.3 is 5.97 Å². The van der Waals surface area contributed by atoms with E-state index in [1.807, 2.05) is 13.8 Å². The van der Waals surface area contributed by atoms with Gasteiger partial charge in [-0.1, -0.05) is 19.9 Å². The molecule has 1 aliphatic heterocycles. The van der Waals surface area contributed by atoms with Crippen molar-refractivity contribution in [3.63, 3.8) is 0 Å². The van der Waals surface area contributed by atoms with Crippen LogP contribution in [0.1, 0.15) is 44.0 Å². The molecule has 1 atom stereocenters. The first-order valence-corrected chi connectivity index (χ1v) is 7.47. The number of rotatable bonds is 5. The third kappa shape index (κ3) is 2.14.